The first kappa shape index (κ1) is 11.7. The first-order valence-corrected chi connectivity index (χ1v) is 6.25. The zero-order valence-corrected chi connectivity index (χ0v) is 9.30. The van der Waals surface area contributed by atoms with Crippen molar-refractivity contribution in [2.75, 3.05) is 31.1 Å². The third kappa shape index (κ3) is 4.72. The van der Waals surface area contributed by atoms with Gasteiger partial charge in [-0.25, -0.2) is 0 Å². The number of amidine groups is 1. The van der Waals surface area contributed by atoms with Crippen molar-refractivity contribution in [1.29, 1.82) is 0 Å². The molecule has 0 aromatic heterocycles. The van der Waals surface area contributed by atoms with Gasteiger partial charge in [0.25, 0.3) is 0 Å². The summed E-state index contributed by atoms with van der Waals surface area (Å²) < 4.78 is 0. The lowest BCUT2D eigenvalue weighted by atomic mass is 10.2. The first-order chi connectivity index (χ1) is 6.83. The van der Waals surface area contributed by atoms with Gasteiger partial charge in [0, 0.05) is 31.0 Å². The molecule has 1 aliphatic heterocycles. The Labute approximate surface area is 89.5 Å². The third-order valence-electron chi connectivity index (χ3n) is 2.39. The molecule has 0 saturated carbocycles. The highest BCUT2D eigenvalue weighted by molar-refractivity contribution is 7.99. The summed E-state index contributed by atoms with van der Waals surface area (Å²) in [5, 5.41) is 11.3. The van der Waals surface area contributed by atoms with Crippen LogP contribution in [0.3, 0.4) is 0 Å². The molecule has 5 heteroatoms. The molecule has 0 bridgehead atoms. The molecule has 1 rings (SSSR count). The van der Waals surface area contributed by atoms with Gasteiger partial charge in [0.1, 0.15) is 5.84 Å². The van der Waals surface area contributed by atoms with E-state index in [0.29, 0.717) is 12.3 Å². The predicted octanol–water partition coefficient (Wildman–Crippen LogP) is 0.952. The van der Waals surface area contributed by atoms with Gasteiger partial charge >= 0.3 is 0 Å². The van der Waals surface area contributed by atoms with Crippen LogP contribution in [0, 0.1) is 0 Å². The standard InChI is InChI=1S/C9H19N3OS/c10-9(11-13)3-1-2-4-12-5-7-14-8-6-12/h13H,1-8H2,(H2,10,11). The Hall–Kier alpha value is -0.420. The molecule has 14 heavy (non-hydrogen) atoms. The summed E-state index contributed by atoms with van der Waals surface area (Å²) in [5.41, 5.74) is 5.38. The highest BCUT2D eigenvalue weighted by atomic mass is 32.2. The minimum Gasteiger partial charge on any atom is -0.409 e. The van der Waals surface area contributed by atoms with Crippen molar-refractivity contribution in [3.8, 4) is 0 Å². The van der Waals surface area contributed by atoms with Gasteiger partial charge in [-0.1, -0.05) is 5.16 Å². The summed E-state index contributed by atoms with van der Waals surface area (Å²) >= 11 is 2.03. The van der Waals surface area contributed by atoms with E-state index in [1.165, 1.54) is 24.6 Å². The van der Waals surface area contributed by atoms with Crippen LogP contribution in [-0.2, 0) is 0 Å². The van der Waals surface area contributed by atoms with Crippen molar-refractivity contribution in [2.45, 2.75) is 19.3 Å². The van der Waals surface area contributed by atoms with Gasteiger partial charge in [-0.15, -0.1) is 0 Å². The summed E-state index contributed by atoms with van der Waals surface area (Å²) in [6, 6.07) is 0. The van der Waals surface area contributed by atoms with E-state index in [0.717, 1.165) is 19.4 Å². The topological polar surface area (TPSA) is 61.8 Å². The second-order valence-electron chi connectivity index (χ2n) is 3.50. The van der Waals surface area contributed by atoms with Crippen LogP contribution in [-0.4, -0.2) is 47.1 Å². The Morgan fingerprint density at radius 3 is 2.71 bits per heavy atom. The second kappa shape index (κ2) is 6.95. The van der Waals surface area contributed by atoms with Crippen molar-refractivity contribution >= 4 is 17.6 Å². The van der Waals surface area contributed by atoms with E-state index in [-0.39, 0.29) is 0 Å². The molecule has 0 spiro atoms. The van der Waals surface area contributed by atoms with Crippen LogP contribution in [0.2, 0.25) is 0 Å². The number of thioether (sulfide) groups is 1. The average Bonchev–Trinajstić information content (AvgIpc) is 2.25. The summed E-state index contributed by atoms with van der Waals surface area (Å²) in [7, 11) is 0. The molecule has 1 heterocycles. The van der Waals surface area contributed by atoms with E-state index in [4.69, 9.17) is 10.9 Å². The largest absolute Gasteiger partial charge is 0.409 e. The molecule has 1 saturated heterocycles. The Kier molecular flexibility index (Phi) is 5.78. The summed E-state index contributed by atoms with van der Waals surface area (Å²) in [6.45, 7) is 3.59. The van der Waals surface area contributed by atoms with E-state index >= 15 is 0 Å². The molecule has 1 fully saturated rings. The van der Waals surface area contributed by atoms with Gasteiger partial charge in [0.15, 0.2) is 0 Å². The Bertz CT molecular complexity index is 181. The summed E-state index contributed by atoms with van der Waals surface area (Å²) in [6.07, 6.45) is 2.86. The molecule has 0 radical (unpaired) electrons. The molecule has 0 aliphatic carbocycles. The third-order valence-corrected chi connectivity index (χ3v) is 3.33. The fourth-order valence-electron chi connectivity index (χ4n) is 1.52. The van der Waals surface area contributed by atoms with Crippen LogP contribution in [0.5, 0.6) is 0 Å². The van der Waals surface area contributed by atoms with Gasteiger partial charge < -0.3 is 15.8 Å². The molecule has 1 aliphatic rings. The predicted molar refractivity (Wildman–Crippen MR) is 61.0 cm³/mol. The van der Waals surface area contributed by atoms with Gasteiger partial charge in [-0.2, -0.15) is 11.8 Å². The zero-order chi connectivity index (χ0) is 10.2. The molecule has 0 unspecified atom stereocenters. The van der Waals surface area contributed by atoms with Crippen molar-refractivity contribution in [1.82, 2.24) is 4.90 Å². The normalized spacial score (nSPS) is 19.9. The van der Waals surface area contributed by atoms with Crippen LogP contribution in [0.15, 0.2) is 5.16 Å². The number of oxime groups is 1. The number of unbranched alkanes of at least 4 members (excludes halogenated alkanes) is 1. The van der Waals surface area contributed by atoms with Gasteiger partial charge in [-0.05, 0) is 19.4 Å². The molecule has 4 nitrogen and oxygen atoms in total. The molecule has 0 aromatic rings. The lowest BCUT2D eigenvalue weighted by Gasteiger charge is -2.25. The lowest BCUT2D eigenvalue weighted by Crippen LogP contribution is -2.33. The minimum atomic E-state index is 0.346. The highest BCUT2D eigenvalue weighted by Gasteiger charge is 2.09. The summed E-state index contributed by atoms with van der Waals surface area (Å²) in [4.78, 5) is 2.49. The van der Waals surface area contributed by atoms with Crippen LogP contribution in [0.1, 0.15) is 19.3 Å². The van der Waals surface area contributed by atoms with E-state index in [2.05, 4.69) is 10.1 Å². The Balaban J connectivity index is 1.97. The SMILES string of the molecule is N/C(CCCCN1CCSCC1)=N/O. The maximum Gasteiger partial charge on any atom is 0.139 e. The number of hydrogen-bond donors (Lipinski definition) is 2. The van der Waals surface area contributed by atoms with Crippen LogP contribution in [0.25, 0.3) is 0 Å². The monoisotopic (exact) mass is 217 g/mol. The van der Waals surface area contributed by atoms with Crippen molar-refractivity contribution in [3.05, 3.63) is 0 Å². The van der Waals surface area contributed by atoms with Gasteiger partial charge in [0.05, 0.1) is 0 Å². The van der Waals surface area contributed by atoms with Gasteiger partial charge in [0.2, 0.25) is 0 Å². The number of hydrogen-bond acceptors (Lipinski definition) is 4. The maximum absolute atomic E-state index is 8.33. The van der Waals surface area contributed by atoms with Crippen LogP contribution >= 0.6 is 11.8 Å². The first-order valence-electron chi connectivity index (χ1n) is 5.09. The quantitative estimate of drug-likeness (QED) is 0.237. The minimum absolute atomic E-state index is 0.346. The zero-order valence-electron chi connectivity index (χ0n) is 8.48. The van der Waals surface area contributed by atoms with Crippen LogP contribution < -0.4 is 5.73 Å². The average molecular weight is 217 g/mol. The fraction of sp³-hybridized carbons (Fsp3) is 0.889. The van der Waals surface area contributed by atoms with Crippen molar-refractivity contribution in [3.63, 3.8) is 0 Å². The summed E-state index contributed by atoms with van der Waals surface area (Å²) in [5.74, 6) is 2.87. The van der Waals surface area contributed by atoms with Crippen molar-refractivity contribution < 1.29 is 5.21 Å². The van der Waals surface area contributed by atoms with E-state index < -0.39 is 0 Å². The number of rotatable bonds is 5. The van der Waals surface area contributed by atoms with E-state index in [1.54, 1.807) is 0 Å². The van der Waals surface area contributed by atoms with E-state index in [1.807, 2.05) is 11.8 Å². The Morgan fingerprint density at radius 1 is 1.36 bits per heavy atom. The molecule has 82 valence electrons. The van der Waals surface area contributed by atoms with E-state index in [9.17, 15) is 0 Å². The molecule has 3 N–H and O–H groups in total. The Morgan fingerprint density at radius 2 is 2.07 bits per heavy atom. The molecule has 0 atom stereocenters. The molecule has 0 amide bonds. The molecular weight excluding hydrogens is 198 g/mol. The van der Waals surface area contributed by atoms with Gasteiger partial charge in [-0.3, -0.25) is 0 Å². The number of nitrogens with zero attached hydrogens (tertiary/aromatic N) is 2. The van der Waals surface area contributed by atoms with Crippen LogP contribution in [0.4, 0.5) is 0 Å². The molecular formula is C9H19N3OS. The fourth-order valence-corrected chi connectivity index (χ4v) is 2.50. The maximum atomic E-state index is 8.33. The smallest absolute Gasteiger partial charge is 0.139 e. The number of nitrogens with two attached hydrogens (primary N) is 1. The van der Waals surface area contributed by atoms with Crippen molar-refractivity contribution in [2.24, 2.45) is 10.9 Å². The molecule has 0 aromatic carbocycles. The lowest BCUT2D eigenvalue weighted by molar-refractivity contribution is 0.295. The second-order valence-corrected chi connectivity index (χ2v) is 4.73. The highest BCUT2D eigenvalue weighted by Crippen LogP contribution is 2.10.